The van der Waals surface area contributed by atoms with E-state index in [1.54, 1.807) is 38.4 Å². The molecule has 2 amide bonds. The average molecular weight is 250 g/mol. The number of methoxy groups -OCH3 is 1. The molecule has 0 aliphatic heterocycles. The Bertz CT molecular complexity index is 432. The van der Waals surface area contributed by atoms with Crippen molar-refractivity contribution in [3.05, 3.63) is 29.8 Å². The molecule has 5 heteroatoms. The number of carbonyl (C=O) groups is 2. The van der Waals surface area contributed by atoms with Crippen molar-refractivity contribution >= 4 is 17.5 Å². The van der Waals surface area contributed by atoms with Crippen LogP contribution in [-0.4, -0.2) is 44.0 Å². The molecule has 0 spiro atoms. The van der Waals surface area contributed by atoms with E-state index in [-0.39, 0.29) is 11.8 Å². The zero-order valence-corrected chi connectivity index (χ0v) is 10.9. The first-order valence-corrected chi connectivity index (χ1v) is 5.66. The van der Waals surface area contributed by atoms with Crippen LogP contribution in [-0.2, 0) is 4.74 Å². The van der Waals surface area contributed by atoms with Crippen LogP contribution >= 0.6 is 0 Å². The first kappa shape index (κ1) is 14.2. The van der Waals surface area contributed by atoms with Gasteiger partial charge in [-0.05, 0) is 19.1 Å². The van der Waals surface area contributed by atoms with Crippen molar-refractivity contribution in [2.75, 3.05) is 32.6 Å². The molecule has 18 heavy (non-hydrogen) atoms. The lowest BCUT2D eigenvalue weighted by molar-refractivity contribution is 0.101. The summed E-state index contributed by atoms with van der Waals surface area (Å²) in [6.07, 6.45) is 0. The molecule has 0 fully saturated rings. The molecule has 0 radical (unpaired) electrons. The van der Waals surface area contributed by atoms with E-state index in [4.69, 9.17) is 4.74 Å². The predicted molar refractivity (Wildman–Crippen MR) is 70.0 cm³/mol. The Labute approximate surface area is 107 Å². The first-order valence-electron chi connectivity index (χ1n) is 5.66. The van der Waals surface area contributed by atoms with Crippen LogP contribution in [0.4, 0.5) is 10.5 Å². The number of nitrogens with zero attached hydrogens (tertiary/aromatic N) is 1. The molecule has 1 aromatic rings. The van der Waals surface area contributed by atoms with Gasteiger partial charge in [0.15, 0.2) is 5.78 Å². The van der Waals surface area contributed by atoms with E-state index in [2.05, 4.69) is 5.32 Å². The molecular weight excluding hydrogens is 232 g/mol. The summed E-state index contributed by atoms with van der Waals surface area (Å²) in [5.74, 6) is -0.0289. The second kappa shape index (κ2) is 6.76. The molecule has 0 heterocycles. The van der Waals surface area contributed by atoms with Crippen molar-refractivity contribution in [2.45, 2.75) is 6.92 Å². The molecule has 0 saturated carbocycles. The highest BCUT2D eigenvalue weighted by Crippen LogP contribution is 2.11. The van der Waals surface area contributed by atoms with Crippen LogP contribution in [0.3, 0.4) is 0 Å². The van der Waals surface area contributed by atoms with Crippen molar-refractivity contribution in [1.82, 2.24) is 4.90 Å². The van der Waals surface area contributed by atoms with Gasteiger partial charge in [0.05, 0.1) is 6.61 Å². The average Bonchev–Trinajstić information content (AvgIpc) is 2.36. The Hall–Kier alpha value is -1.88. The predicted octanol–water partition coefficient (Wildman–Crippen LogP) is 2.00. The van der Waals surface area contributed by atoms with Gasteiger partial charge in [-0.2, -0.15) is 0 Å². The number of hydrogen-bond acceptors (Lipinski definition) is 3. The maximum Gasteiger partial charge on any atom is 0.321 e. The lowest BCUT2D eigenvalue weighted by Gasteiger charge is -2.17. The van der Waals surface area contributed by atoms with Crippen LogP contribution in [0.25, 0.3) is 0 Å². The molecule has 1 aromatic carbocycles. The topological polar surface area (TPSA) is 58.6 Å². The maximum absolute atomic E-state index is 11.8. The van der Waals surface area contributed by atoms with Crippen LogP contribution in [0, 0.1) is 0 Å². The Morgan fingerprint density at radius 1 is 1.39 bits per heavy atom. The van der Waals surface area contributed by atoms with Gasteiger partial charge in [0.25, 0.3) is 0 Å². The fourth-order valence-corrected chi connectivity index (χ4v) is 1.36. The van der Waals surface area contributed by atoms with E-state index in [1.165, 1.54) is 11.8 Å². The summed E-state index contributed by atoms with van der Waals surface area (Å²) in [4.78, 5) is 24.5. The van der Waals surface area contributed by atoms with Crippen LogP contribution in [0.15, 0.2) is 24.3 Å². The van der Waals surface area contributed by atoms with E-state index in [0.29, 0.717) is 24.4 Å². The second-order valence-corrected chi connectivity index (χ2v) is 3.98. The Morgan fingerprint density at radius 2 is 2.11 bits per heavy atom. The fourth-order valence-electron chi connectivity index (χ4n) is 1.36. The summed E-state index contributed by atoms with van der Waals surface area (Å²) >= 11 is 0. The highest BCUT2D eigenvalue weighted by molar-refractivity contribution is 5.96. The zero-order valence-electron chi connectivity index (χ0n) is 10.9. The summed E-state index contributed by atoms with van der Waals surface area (Å²) in [5.41, 5.74) is 1.18. The first-order chi connectivity index (χ1) is 8.54. The van der Waals surface area contributed by atoms with Gasteiger partial charge in [0, 0.05) is 32.0 Å². The maximum atomic E-state index is 11.8. The van der Waals surface area contributed by atoms with Crippen molar-refractivity contribution < 1.29 is 14.3 Å². The van der Waals surface area contributed by atoms with E-state index in [1.807, 2.05) is 0 Å². The number of Topliss-reactive ketones (excluding diaryl/α,β-unsaturated/α-hetero) is 1. The highest BCUT2D eigenvalue weighted by Gasteiger charge is 2.09. The number of ketones is 1. The standard InChI is InChI=1S/C13H18N2O3/c1-10(16)11-5-4-6-12(9-11)14-13(17)15(2)7-8-18-3/h4-6,9H,7-8H2,1-3H3,(H,14,17). The van der Waals surface area contributed by atoms with Crippen molar-refractivity contribution in [3.8, 4) is 0 Å². The van der Waals surface area contributed by atoms with Crippen LogP contribution in [0.1, 0.15) is 17.3 Å². The SMILES string of the molecule is COCCN(C)C(=O)Nc1cccc(C(C)=O)c1. The summed E-state index contributed by atoms with van der Waals surface area (Å²) in [6.45, 7) is 2.48. The number of rotatable bonds is 5. The van der Waals surface area contributed by atoms with E-state index in [0.717, 1.165) is 0 Å². The molecule has 0 aliphatic rings. The quantitative estimate of drug-likeness (QED) is 0.813. The van der Waals surface area contributed by atoms with E-state index >= 15 is 0 Å². The molecule has 0 aliphatic carbocycles. The number of hydrogen-bond donors (Lipinski definition) is 1. The minimum Gasteiger partial charge on any atom is -0.383 e. The third-order valence-electron chi connectivity index (χ3n) is 2.50. The smallest absolute Gasteiger partial charge is 0.321 e. The normalized spacial score (nSPS) is 9.94. The number of carbonyl (C=O) groups excluding carboxylic acids is 2. The monoisotopic (exact) mass is 250 g/mol. The van der Waals surface area contributed by atoms with E-state index < -0.39 is 0 Å². The van der Waals surface area contributed by atoms with Crippen molar-refractivity contribution in [2.24, 2.45) is 0 Å². The number of benzene rings is 1. The lowest BCUT2D eigenvalue weighted by atomic mass is 10.1. The number of nitrogens with one attached hydrogen (secondary N) is 1. The number of anilines is 1. The van der Waals surface area contributed by atoms with Crippen LogP contribution in [0.2, 0.25) is 0 Å². The molecule has 5 nitrogen and oxygen atoms in total. The van der Waals surface area contributed by atoms with E-state index in [9.17, 15) is 9.59 Å². The second-order valence-electron chi connectivity index (χ2n) is 3.98. The molecule has 1 rings (SSSR count). The van der Waals surface area contributed by atoms with Gasteiger partial charge in [-0.1, -0.05) is 12.1 Å². The fraction of sp³-hybridized carbons (Fsp3) is 0.385. The summed E-state index contributed by atoms with van der Waals surface area (Å²) in [5, 5.41) is 2.73. The number of likely N-dealkylation sites (N-methyl/N-ethyl adjacent to an activating group) is 1. The van der Waals surface area contributed by atoms with Crippen LogP contribution < -0.4 is 5.32 Å². The minimum absolute atomic E-state index is 0.0289. The van der Waals surface area contributed by atoms with Gasteiger partial charge < -0.3 is 15.0 Å². The number of urea groups is 1. The molecule has 0 unspecified atom stereocenters. The van der Waals surface area contributed by atoms with Gasteiger partial charge in [0.1, 0.15) is 0 Å². The third-order valence-corrected chi connectivity index (χ3v) is 2.50. The molecule has 0 saturated heterocycles. The molecule has 1 N–H and O–H groups in total. The van der Waals surface area contributed by atoms with Crippen molar-refractivity contribution in [3.63, 3.8) is 0 Å². The summed E-state index contributed by atoms with van der Waals surface area (Å²) < 4.78 is 4.90. The number of ether oxygens (including phenoxy) is 1. The van der Waals surface area contributed by atoms with Gasteiger partial charge in [-0.3, -0.25) is 4.79 Å². The third kappa shape index (κ3) is 4.18. The van der Waals surface area contributed by atoms with Gasteiger partial charge in [0.2, 0.25) is 0 Å². The highest BCUT2D eigenvalue weighted by atomic mass is 16.5. The Morgan fingerprint density at radius 3 is 2.72 bits per heavy atom. The lowest BCUT2D eigenvalue weighted by Crippen LogP contribution is -2.33. The largest absolute Gasteiger partial charge is 0.383 e. The molecule has 98 valence electrons. The Kier molecular flexibility index (Phi) is 5.32. The Balaban J connectivity index is 2.64. The molecular formula is C13H18N2O3. The van der Waals surface area contributed by atoms with Gasteiger partial charge in [-0.15, -0.1) is 0 Å². The summed E-state index contributed by atoms with van der Waals surface area (Å²) in [7, 11) is 3.27. The molecule has 0 bridgehead atoms. The van der Waals surface area contributed by atoms with Gasteiger partial charge in [-0.25, -0.2) is 4.79 Å². The summed E-state index contributed by atoms with van der Waals surface area (Å²) in [6, 6.07) is 6.63. The minimum atomic E-state index is -0.229. The van der Waals surface area contributed by atoms with Crippen LogP contribution in [0.5, 0.6) is 0 Å². The van der Waals surface area contributed by atoms with Gasteiger partial charge >= 0.3 is 6.03 Å². The molecule has 0 aromatic heterocycles. The number of amides is 2. The molecule has 0 atom stereocenters. The van der Waals surface area contributed by atoms with Crippen molar-refractivity contribution in [1.29, 1.82) is 0 Å². The zero-order chi connectivity index (χ0) is 13.5.